The van der Waals surface area contributed by atoms with Crippen molar-refractivity contribution in [3.8, 4) is 5.75 Å². The van der Waals surface area contributed by atoms with E-state index in [1.807, 2.05) is 24.3 Å². The molecule has 5 nitrogen and oxygen atoms in total. The average molecular weight is 262 g/mol. The van der Waals surface area contributed by atoms with Crippen LogP contribution in [0.25, 0.3) is 0 Å². The molecular weight excluding hydrogens is 244 g/mol. The summed E-state index contributed by atoms with van der Waals surface area (Å²) in [4.78, 5) is 22.6. The van der Waals surface area contributed by atoms with Crippen LogP contribution >= 0.6 is 0 Å². The van der Waals surface area contributed by atoms with Gasteiger partial charge in [-0.2, -0.15) is 0 Å². The Morgan fingerprint density at radius 1 is 1.21 bits per heavy atom. The highest BCUT2D eigenvalue weighted by Crippen LogP contribution is 2.11. The van der Waals surface area contributed by atoms with Crippen molar-refractivity contribution in [2.75, 3.05) is 20.2 Å². The third-order valence-corrected chi connectivity index (χ3v) is 2.47. The minimum Gasteiger partial charge on any atom is -0.497 e. The van der Waals surface area contributed by atoms with Gasteiger partial charge in [0.2, 0.25) is 0 Å². The van der Waals surface area contributed by atoms with Crippen LogP contribution in [-0.4, -0.2) is 32.0 Å². The molecule has 0 saturated carbocycles. The lowest BCUT2D eigenvalue weighted by atomic mass is 10.1. The maximum Gasteiger partial charge on any atom is 0.309 e. The van der Waals surface area contributed by atoms with Gasteiger partial charge in [-0.3, -0.25) is 9.59 Å². The highest BCUT2D eigenvalue weighted by Gasteiger charge is 2.10. The lowest BCUT2D eigenvalue weighted by Gasteiger charge is -2.06. The van der Waals surface area contributed by atoms with Gasteiger partial charge >= 0.3 is 11.8 Å². The Hall–Kier alpha value is -2.30. The number of amides is 2. The van der Waals surface area contributed by atoms with Crippen LogP contribution in [0.5, 0.6) is 5.75 Å². The molecule has 0 bridgehead atoms. The van der Waals surface area contributed by atoms with Crippen LogP contribution in [0.1, 0.15) is 5.56 Å². The van der Waals surface area contributed by atoms with E-state index in [1.54, 1.807) is 7.11 Å². The van der Waals surface area contributed by atoms with Gasteiger partial charge in [0.05, 0.1) is 7.11 Å². The van der Waals surface area contributed by atoms with E-state index in [0.29, 0.717) is 13.0 Å². The second kappa shape index (κ2) is 7.92. The molecule has 0 aliphatic heterocycles. The highest BCUT2D eigenvalue weighted by molar-refractivity contribution is 6.35. The van der Waals surface area contributed by atoms with E-state index in [-0.39, 0.29) is 6.54 Å². The van der Waals surface area contributed by atoms with Gasteiger partial charge in [-0.05, 0) is 24.1 Å². The quantitative estimate of drug-likeness (QED) is 0.584. The van der Waals surface area contributed by atoms with Crippen molar-refractivity contribution in [2.24, 2.45) is 0 Å². The molecule has 0 atom stereocenters. The highest BCUT2D eigenvalue weighted by atomic mass is 16.5. The van der Waals surface area contributed by atoms with Crippen LogP contribution in [0.4, 0.5) is 0 Å². The molecule has 1 rings (SSSR count). The Kier molecular flexibility index (Phi) is 6.15. The second-order valence-corrected chi connectivity index (χ2v) is 3.85. The smallest absolute Gasteiger partial charge is 0.309 e. The Morgan fingerprint density at radius 2 is 1.84 bits per heavy atom. The first-order chi connectivity index (χ1) is 9.17. The molecule has 5 heteroatoms. The topological polar surface area (TPSA) is 67.4 Å². The molecule has 102 valence electrons. The van der Waals surface area contributed by atoms with E-state index in [2.05, 4.69) is 17.2 Å². The van der Waals surface area contributed by atoms with Crippen molar-refractivity contribution in [1.82, 2.24) is 10.6 Å². The van der Waals surface area contributed by atoms with Gasteiger partial charge in [0.15, 0.2) is 0 Å². The molecule has 0 unspecified atom stereocenters. The van der Waals surface area contributed by atoms with Crippen LogP contribution < -0.4 is 15.4 Å². The van der Waals surface area contributed by atoms with E-state index in [0.717, 1.165) is 11.3 Å². The van der Waals surface area contributed by atoms with Crippen LogP contribution in [-0.2, 0) is 16.0 Å². The molecule has 19 heavy (non-hydrogen) atoms. The molecule has 0 radical (unpaired) electrons. The largest absolute Gasteiger partial charge is 0.497 e. The van der Waals surface area contributed by atoms with Crippen LogP contribution in [0, 0.1) is 0 Å². The summed E-state index contributed by atoms with van der Waals surface area (Å²) in [6.45, 7) is 4.14. The number of rotatable bonds is 6. The predicted octanol–water partition coefficient (Wildman–Crippen LogP) is 0.656. The Bertz CT molecular complexity index is 441. The van der Waals surface area contributed by atoms with Crippen LogP contribution in [0.2, 0.25) is 0 Å². The van der Waals surface area contributed by atoms with E-state index in [9.17, 15) is 9.59 Å². The number of methoxy groups -OCH3 is 1. The number of hydrogen-bond acceptors (Lipinski definition) is 3. The number of ether oxygens (including phenoxy) is 1. The Labute approximate surface area is 112 Å². The van der Waals surface area contributed by atoms with Gasteiger partial charge in [-0.15, -0.1) is 6.58 Å². The molecule has 1 aromatic rings. The minimum absolute atomic E-state index is 0.282. The zero-order valence-electron chi connectivity index (χ0n) is 10.9. The zero-order valence-corrected chi connectivity index (χ0v) is 10.9. The van der Waals surface area contributed by atoms with Crippen molar-refractivity contribution in [2.45, 2.75) is 6.42 Å². The molecule has 0 fully saturated rings. The summed E-state index contributed by atoms with van der Waals surface area (Å²) >= 11 is 0. The Morgan fingerprint density at radius 3 is 2.42 bits per heavy atom. The molecule has 0 aliphatic carbocycles. The van der Waals surface area contributed by atoms with Gasteiger partial charge in [-0.25, -0.2) is 0 Å². The van der Waals surface area contributed by atoms with E-state index < -0.39 is 11.8 Å². The summed E-state index contributed by atoms with van der Waals surface area (Å²) < 4.78 is 5.05. The van der Waals surface area contributed by atoms with Crippen molar-refractivity contribution >= 4 is 11.8 Å². The molecule has 2 amide bonds. The Balaban J connectivity index is 2.30. The third-order valence-electron chi connectivity index (χ3n) is 2.47. The molecule has 2 N–H and O–H groups in total. The van der Waals surface area contributed by atoms with Gasteiger partial charge in [0, 0.05) is 13.1 Å². The lowest BCUT2D eigenvalue weighted by molar-refractivity contribution is -0.139. The first-order valence-corrected chi connectivity index (χ1v) is 5.97. The number of nitrogens with one attached hydrogen (secondary N) is 2. The summed E-state index contributed by atoms with van der Waals surface area (Å²) in [5, 5.41) is 4.96. The molecule has 0 spiro atoms. The number of benzene rings is 1. The van der Waals surface area contributed by atoms with Gasteiger partial charge in [-0.1, -0.05) is 18.2 Å². The summed E-state index contributed by atoms with van der Waals surface area (Å²) in [5.41, 5.74) is 1.06. The van der Waals surface area contributed by atoms with Crippen molar-refractivity contribution < 1.29 is 14.3 Å². The zero-order chi connectivity index (χ0) is 14.1. The SMILES string of the molecule is C=CCNC(=O)C(=O)NCCc1ccc(OC)cc1. The van der Waals surface area contributed by atoms with Crippen molar-refractivity contribution in [1.29, 1.82) is 0 Å². The number of carbonyl (C=O) groups excluding carboxylic acids is 2. The van der Waals surface area contributed by atoms with E-state index in [1.165, 1.54) is 6.08 Å². The molecular formula is C14H18N2O3. The lowest BCUT2D eigenvalue weighted by Crippen LogP contribution is -2.40. The minimum atomic E-state index is -0.644. The predicted molar refractivity (Wildman–Crippen MR) is 72.9 cm³/mol. The maximum absolute atomic E-state index is 11.4. The summed E-state index contributed by atoms with van der Waals surface area (Å²) in [6.07, 6.45) is 2.17. The number of hydrogen-bond donors (Lipinski definition) is 2. The summed E-state index contributed by atoms with van der Waals surface area (Å²) in [5.74, 6) is -0.485. The van der Waals surface area contributed by atoms with Gasteiger partial charge in [0.1, 0.15) is 5.75 Å². The second-order valence-electron chi connectivity index (χ2n) is 3.85. The first kappa shape index (κ1) is 14.8. The van der Waals surface area contributed by atoms with Crippen LogP contribution in [0.15, 0.2) is 36.9 Å². The van der Waals surface area contributed by atoms with E-state index in [4.69, 9.17) is 4.74 Å². The fourth-order valence-electron chi connectivity index (χ4n) is 1.44. The first-order valence-electron chi connectivity index (χ1n) is 5.97. The normalized spacial score (nSPS) is 9.53. The van der Waals surface area contributed by atoms with Crippen LogP contribution in [0.3, 0.4) is 0 Å². The maximum atomic E-state index is 11.4. The molecule has 0 aliphatic rings. The summed E-state index contributed by atoms with van der Waals surface area (Å²) in [6, 6.07) is 7.55. The van der Waals surface area contributed by atoms with Gasteiger partial charge < -0.3 is 15.4 Å². The van der Waals surface area contributed by atoms with Crippen molar-refractivity contribution in [3.63, 3.8) is 0 Å². The molecule has 0 heterocycles. The molecule has 1 aromatic carbocycles. The third kappa shape index (κ3) is 5.25. The summed E-state index contributed by atoms with van der Waals surface area (Å²) in [7, 11) is 1.61. The average Bonchev–Trinajstić information content (AvgIpc) is 2.45. The van der Waals surface area contributed by atoms with Gasteiger partial charge in [0.25, 0.3) is 0 Å². The van der Waals surface area contributed by atoms with Crippen molar-refractivity contribution in [3.05, 3.63) is 42.5 Å². The number of carbonyl (C=O) groups is 2. The fraction of sp³-hybridized carbons (Fsp3) is 0.286. The fourth-order valence-corrected chi connectivity index (χ4v) is 1.44. The molecule has 0 saturated heterocycles. The standard InChI is InChI=1S/C14H18N2O3/c1-3-9-15-13(17)14(18)16-10-8-11-4-6-12(19-2)7-5-11/h3-7H,1,8-10H2,2H3,(H,15,17)(H,16,18). The molecule has 0 aromatic heterocycles. The monoisotopic (exact) mass is 262 g/mol. The van der Waals surface area contributed by atoms with E-state index >= 15 is 0 Å².